The van der Waals surface area contributed by atoms with E-state index in [9.17, 15) is 14.0 Å². The summed E-state index contributed by atoms with van der Waals surface area (Å²) in [4.78, 5) is 30.7. The molecule has 2 amide bonds. The van der Waals surface area contributed by atoms with Crippen molar-refractivity contribution >= 4 is 28.5 Å². The predicted molar refractivity (Wildman–Crippen MR) is 142 cm³/mol. The second-order valence-electron chi connectivity index (χ2n) is 9.52. The fraction of sp³-hybridized carbons (Fsp3) is 0.296. The predicted octanol–water partition coefficient (Wildman–Crippen LogP) is 3.06. The smallest absolute Gasteiger partial charge is 0.255 e. The summed E-state index contributed by atoms with van der Waals surface area (Å²) in [6.45, 7) is 2.00. The number of nitrogens with one attached hydrogen (secondary N) is 2. The minimum absolute atomic E-state index is 0.0778. The molecule has 1 saturated heterocycles. The zero-order valence-corrected chi connectivity index (χ0v) is 21.3. The number of halogens is 1. The molecule has 1 aliphatic heterocycles. The zero-order valence-electron chi connectivity index (χ0n) is 21.3. The topological polar surface area (TPSA) is 144 Å². The molecule has 10 nitrogen and oxygen atoms in total. The van der Waals surface area contributed by atoms with E-state index in [0.717, 1.165) is 48.5 Å². The molecule has 5 rings (SSSR count). The Morgan fingerprint density at radius 1 is 1.21 bits per heavy atom. The summed E-state index contributed by atoms with van der Waals surface area (Å²) in [5.74, 6) is -1.09. The number of methoxy groups -OCH3 is 1. The highest BCUT2D eigenvalue weighted by Gasteiger charge is 2.28. The average molecular weight is 520 g/mol. The van der Waals surface area contributed by atoms with Gasteiger partial charge < -0.3 is 31.4 Å². The molecule has 6 N–H and O–H groups in total. The lowest BCUT2D eigenvalue weighted by molar-refractivity contribution is 0.0946. The Kier molecular flexibility index (Phi) is 6.77. The van der Waals surface area contributed by atoms with Crippen molar-refractivity contribution in [2.75, 3.05) is 33.0 Å². The molecule has 1 aliphatic rings. The number of hydrogen-bond donors (Lipinski definition) is 4. The third-order valence-electron chi connectivity index (χ3n) is 7.14. The van der Waals surface area contributed by atoms with Crippen LogP contribution in [0.4, 0.5) is 10.2 Å². The van der Waals surface area contributed by atoms with Crippen LogP contribution >= 0.6 is 0 Å². The van der Waals surface area contributed by atoms with Crippen LogP contribution in [0.5, 0.6) is 5.75 Å². The van der Waals surface area contributed by atoms with Crippen molar-refractivity contribution in [2.24, 2.45) is 5.73 Å². The van der Waals surface area contributed by atoms with Crippen molar-refractivity contribution in [3.05, 3.63) is 65.1 Å². The number of H-pyrrole nitrogens is 1. The molecule has 3 heterocycles. The van der Waals surface area contributed by atoms with Gasteiger partial charge in [0.25, 0.3) is 11.8 Å². The minimum Gasteiger partial charge on any atom is -0.496 e. The molecule has 0 bridgehead atoms. The Bertz CT molecular complexity index is 1520. The van der Waals surface area contributed by atoms with Gasteiger partial charge in [0, 0.05) is 23.7 Å². The second kappa shape index (κ2) is 10.2. The van der Waals surface area contributed by atoms with Crippen LogP contribution in [0.3, 0.4) is 0 Å². The molecule has 198 valence electrons. The number of carbonyl (C=O) groups excluding carboxylic acids is 2. The van der Waals surface area contributed by atoms with Gasteiger partial charge in [0.1, 0.15) is 28.6 Å². The highest BCUT2D eigenvalue weighted by molar-refractivity contribution is 6.07. The largest absolute Gasteiger partial charge is 0.496 e. The van der Waals surface area contributed by atoms with Crippen molar-refractivity contribution in [1.29, 1.82) is 0 Å². The van der Waals surface area contributed by atoms with Crippen LogP contribution in [0.1, 0.15) is 45.2 Å². The van der Waals surface area contributed by atoms with Gasteiger partial charge in [0.2, 0.25) is 0 Å². The van der Waals surface area contributed by atoms with Crippen molar-refractivity contribution < 1.29 is 18.7 Å². The summed E-state index contributed by atoms with van der Waals surface area (Å²) in [5, 5.41) is 8.42. The third-order valence-corrected chi connectivity index (χ3v) is 7.14. The fourth-order valence-corrected chi connectivity index (χ4v) is 5.10. The number of benzene rings is 2. The van der Waals surface area contributed by atoms with Crippen LogP contribution in [-0.4, -0.2) is 58.7 Å². The van der Waals surface area contributed by atoms with Crippen LogP contribution in [0.15, 0.2) is 42.6 Å². The number of likely N-dealkylation sites (tertiary alicyclic amines) is 1. The van der Waals surface area contributed by atoms with Crippen LogP contribution < -0.4 is 21.5 Å². The summed E-state index contributed by atoms with van der Waals surface area (Å²) in [6.07, 6.45) is 3.51. The van der Waals surface area contributed by atoms with Crippen LogP contribution in [0.2, 0.25) is 0 Å². The number of anilines is 1. The van der Waals surface area contributed by atoms with Gasteiger partial charge in [-0.25, -0.2) is 9.07 Å². The van der Waals surface area contributed by atoms with Crippen LogP contribution in [0.25, 0.3) is 22.2 Å². The number of carbonyl (C=O) groups is 2. The first-order valence-corrected chi connectivity index (χ1v) is 12.4. The fourth-order valence-electron chi connectivity index (χ4n) is 5.10. The Morgan fingerprint density at radius 3 is 2.68 bits per heavy atom. The van der Waals surface area contributed by atoms with E-state index in [-0.39, 0.29) is 35.3 Å². The van der Waals surface area contributed by atoms with Gasteiger partial charge >= 0.3 is 0 Å². The number of nitrogens with two attached hydrogens (primary N) is 2. The molecule has 2 aromatic heterocycles. The standard InChI is InChI=1S/C27H30FN7O3/c1-34-11-8-17(9-12-34)35-25(29)22(26(30)36)24(33-35)18-5-3-15(23-19(18)7-10-31-23)14-32-27(37)20-13-16(28)4-6-21(20)38-2/h3-7,10,13,17,31H,8-9,11-12,14,29H2,1-2H3,(H2,30,36)(H,32,37). The Labute approximate surface area is 218 Å². The first kappa shape index (κ1) is 25.3. The molecule has 38 heavy (non-hydrogen) atoms. The van der Waals surface area contributed by atoms with Gasteiger partial charge in [0.05, 0.1) is 24.2 Å². The number of primary amides is 1. The molecule has 11 heteroatoms. The first-order valence-electron chi connectivity index (χ1n) is 12.4. The van der Waals surface area contributed by atoms with Crippen LogP contribution in [0, 0.1) is 5.82 Å². The lowest BCUT2D eigenvalue weighted by Crippen LogP contribution is -2.32. The molecular formula is C27H30FN7O3. The van der Waals surface area contributed by atoms with Gasteiger partial charge in [-0.05, 0) is 62.8 Å². The quantitative estimate of drug-likeness (QED) is 0.295. The maximum absolute atomic E-state index is 13.7. The van der Waals surface area contributed by atoms with Crippen LogP contribution in [-0.2, 0) is 6.54 Å². The van der Waals surface area contributed by atoms with Crippen molar-refractivity contribution in [3.8, 4) is 17.0 Å². The number of nitrogens with zero attached hydrogens (tertiary/aromatic N) is 3. The minimum atomic E-state index is -0.638. The monoisotopic (exact) mass is 519 g/mol. The summed E-state index contributed by atoms with van der Waals surface area (Å²) in [7, 11) is 3.50. The van der Waals surface area contributed by atoms with Crippen molar-refractivity contribution in [2.45, 2.75) is 25.4 Å². The lowest BCUT2D eigenvalue weighted by Gasteiger charge is -2.29. The summed E-state index contributed by atoms with van der Waals surface area (Å²) < 4.78 is 20.7. The zero-order chi connectivity index (χ0) is 27.0. The number of aromatic amines is 1. The number of fused-ring (bicyclic) bond motifs is 1. The molecule has 0 saturated carbocycles. The average Bonchev–Trinajstić information content (AvgIpc) is 3.53. The van der Waals surface area contributed by atoms with E-state index in [1.54, 1.807) is 10.9 Å². The normalized spacial score (nSPS) is 14.6. The van der Waals surface area contributed by atoms with Gasteiger partial charge in [-0.1, -0.05) is 12.1 Å². The number of nitrogen functional groups attached to an aromatic ring is 1. The third kappa shape index (κ3) is 4.56. The van der Waals surface area contributed by atoms with E-state index in [2.05, 4.69) is 22.2 Å². The molecule has 2 aromatic carbocycles. The number of ether oxygens (including phenoxy) is 1. The van der Waals surface area contributed by atoms with E-state index < -0.39 is 17.6 Å². The summed E-state index contributed by atoms with van der Waals surface area (Å²) in [6, 6.07) is 9.42. The Balaban J connectivity index is 1.47. The van der Waals surface area contributed by atoms with E-state index in [1.807, 2.05) is 18.2 Å². The Morgan fingerprint density at radius 2 is 1.97 bits per heavy atom. The van der Waals surface area contributed by atoms with E-state index in [4.69, 9.17) is 21.3 Å². The summed E-state index contributed by atoms with van der Waals surface area (Å²) >= 11 is 0. The molecule has 0 aliphatic carbocycles. The van der Waals surface area contributed by atoms with Gasteiger partial charge in [-0.2, -0.15) is 5.10 Å². The Hall–Kier alpha value is -4.38. The molecule has 0 atom stereocenters. The molecule has 0 radical (unpaired) electrons. The van der Waals surface area contributed by atoms with E-state index in [1.165, 1.54) is 19.2 Å². The lowest BCUT2D eigenvalue weighted by atomic mass is 10.00. The van der Waals surface area contributed by atoms with Gasteiger partial charge in [-0.15, -0.1) is 0 Å². The maximum atomic E-state index is 13.7. The van der Waals surface area contributed by atoms with Crippen molar-refractivity contribution in [3.63, 3.8) is 0 Å². The SMILES string of the molecule is COc1ccc(F)cc1C(=O)NCc1ccc(-c2nn(C3CCN(C)CC3)c(N)c2C(N)=O)c2cc[nH]c12. The summed E-state index contributed by atoms with van der Waals surface area (Å²) in [5.41, 5.74) is 15.2. The number of hydrogen-bond acceptors (Lipinski definition) is 6. The first-order chi connectivity index (χ1) is 18.3. The van der Waals surface area contributed by atoms with Gasteiger partial charge in [0.15, 0.2) is 0 Å². The molecule has 0 unspecified atom stereocenters. The molecule has 4 aromatic rings. The number of rotatable bonds is 7. The number of amides is 2. The van der Waals surface area contributed by atoms with Crippen molar-refractivity contribution in [1.82, 2.24) is 25.0 Å². The maximum Gasteiger partial charge on any atom is 0.255 e. The molecular weight excluding hydrogens is 489 g/mol. The highest BCUT2D eigenvalue weighted by atomic mass is 19.1. The van der Waals surface area contributed by atoms with Gasteiger partial charge in [-0.3, -0.25) is 9.59 Å². The molecule has 1 fully saturated rings. The second-order valence-corrected chi connectivity index (χ2v) is 9.52. The number of piperidine rings is 1. The highest BCUT2D eigenvalue weighted by Crippen LogP contribution is 2.36. The molecule has 0 spiro atoms. The van der Waals surface area contributed by atoms with E-state index in [0.29, 0.717) is 11.3 Å². The number of aromatic nitrogens is 3. The van der Waals surface area contributed by atoms with E-state index >= 15 is 0 Å².